The first kappa shape index (κ1) is 15.4. The second kappa shape index (κ2) is 6.43. The van der Waals surface area contributed by atoms with Crippen molar-refractivity contribution >= 4 is 23.0 Å². The van der Waals surface area contributed by atoms with Gasteiger partial charge in [0.05, 0.1) is 5.92 Å². The molecule has 1 atom stereocenters. The Balaban J connectivity index is 1.38. The Morgan fingerprint density at radius 2 is 1.96 bits per heavy atom. The summed E-state index contributed by atoms with van der Waals surface area (Å²) in [5.41, 5.74) is 7.25. The summed E-state index contributed by atoms with van der Waals surface area (Å²) in [4.78, 5) is 20.8. The van der Waals surface area contributed by atoms with E-state index in [9.17, 15) is 4.79 Å². The quantitative estimate of drug-likeness (QED) is 0.932. The van der Waals surface area contributed by atoms with E-state index in [0.29, 0.717) is 6.04 Å². The van der Waals surface area contributed by atoms with Gasteiger partial charge in [0.25, 0.3) is 6.01 Å². The number of aromatic nitrogens is 1. The van der Waals surface area contributed by atoms with Crippen LogP contribution in [0.15, 0.2) is 28.7 Å². The molecule has 2 N–H and O–H groups in total. The van der Waals surface area contributed by atoms with Gasteiger partial charge in [-0.15, -0.1) is 0 Å². The highest BCUT2D eigenvalue weighted by Gasteiger charge is 2.31. The molecule has 128 valence electrons. The number of hydrogen-bond donors (Lipinski definition) is 1. The van der Waals surface area contributed by atoms with Crippen molar-refractivity contribution in [2.24, 2.45) is 11.7 Å². The summed E-state index contributed by atoms with van der Waals surface area (Å²) >= 11 is 0. The third-order valence-corrected chi connectivity index (χ3v) is 5.39. The molecule has 0 unspecified atom stereocenters. The Morgan fingerprint density at radius 1 is 1.17 bits per heavy atom. The molecule has 1 aromatic carbocycles. The van der Waals surface area contributed by atoms with E-state index in [2.05, 4.69) is 14.8 Å². The van der Waals surface area contributed by atoms with Crippen LogP contribution in [0, 0.1) is 5.92 Å². The summed E-state index contributed by atoms with van der Waals surface area (Å²) < 4.78 is 5.88. The lowest BCUT2D eigenvalue weighted by atomic mass is 9.93. The number of hydrogen-bond acceptors (Lipinski definition) is 5. The Bertz CT molecular complexity index is 688. The number of carbonyl (C=O) groups excluding carboxylic acids is 1. The molecule has 0 radical (unpaired) electrons. The van der Waals surface area contributed by atoms with Crippen LogP contribution in [0.5, 0.6) is 0 Å². The van der Waals surface area contributed by atoms with Gasteiger partial charge in [-0.1, -0.05) is 12.1 Å². The molecule has 2 saturated heterocycles. The number of likely N-dealkylation sites (tertiary alicyclic amines) is 1. The fraction of sp³-hybridized carbons (Fsp3) is 0.556. The van der Waals surface area contributed by atoms with Gasteiger partial charge < -0.3 is 15.1 Å². The summed E-state index contributed by atoms with van der Waals surface area (Å²) in [5, 5.41) is 0. The summed E-state index contributed by atoms with van der Waals surface area (Å²) in [6.45, 7) is 3.78. The summed E-state index contributed by atoms with van der Waals surface area (Å²) in [6.07, 6.45) is 4.15. The van der Waals surface area contributed by atoms with Crippen molar-refractivity contribution in [1.29, 1.82) is 0 Å². The fourth-order valence-electron chi connectivity index (χ4n) is 3.99. The second-order valence-corrected chi connectivity index (χ2v) is 6.92. The van der Waals surface area contributed by atoms with Gasteiger partial charge in [-0.2, -0.15) is 4.98 Å². The number of anilines is 1. The first-order valence-electron chi connectivity index (χ1n) is 8.84. The van der Waals surface area contributed by atoms with Gasteiger partial charge in [0, 0.05) is 25.7 Å². The van der Waals surface area contributed by atoms with Crippen LogP contribution in [0.1, 0.15) is 25.7 Å². The van der Waals surface area contributed by atoms with Crippen molar-refractivity contribution in [3.63, 3.8) is 0 Å². The number of nitrogens with zero attached hydrogens (tertiary/aromatic N) is 3. The number of primary amides is 1. The molecule has 1 aromatic heterocycles. The van der Waals surface area contributed by atoms with E-state index in [1.54, 1.807) is 0 Å². The Hall–Kier alpha value is -2.08. The summed E-state index contributed by atoms with van der Waals surface area (Å²) in [5.74, 6) is -0.127. The zero-order chi connectivity index (χ0) is 16.5. The topological polar surface area (TPSA) is 75.6 Å². The van der Waals surface area contributed by atoms with Crippen LogP contribution < -0.4 is 10.6 Å². The van der Waals surface area contributed by atoms with Crippen LogP contribution in [0.25, 0.3) is 11.1 Å². The van der Waals surface area contributed by atoms with Crippen molar-refractivity contribution in [3.05, 3.63) is 24.3 Å². The molecular weight excluding hydrogens is 304 g/mol. The number of nitrogens with two attached hydrogens (primary N) is 1. The van der Waals surface area contributed by atoms with Crippen molar-refractivity contribution < 1.29 is 9.21 Å². The van der Waals surface area contributed by atoms with Gasteiger partial charge in [-0.3, -0.25) is 9.69 Å². The second-order valence-electron chi connectivity index (χ2n) is 6.92. The third-order valence-electron chi connectivity index (χ3n) is 5.39. The van der Waals surface area contributed by atoms with Crippen LogP contribution in [-0.4, -0.2) is 48.0 Å². The van der Waals surface area contributed by atoms with E-state index in [1.165, 1.54) is 0 Å². The molecule has 1 amide bonds. The standard InChI is InChI=1S/C18H24N4O2/c19-17(23)13-4-3-9-22(12-13)14-7-10-21(11-8-14)18-20-15-5-1-2-6-16(15)24-18/h1-2,5-6,13-14H,3-4,7-12H2,(H2,19,23)/t13-/m0/s1. The maximum Gasteiger partial charge on any atom is 0.298 e. The number of benzene rings is 1. The fourth-order valence-corrected chi connectivity index (χ4v) is 3.99. The van der Waals surface area contributed by atoms with Gasteiger partial charge in [0.15, 0.2) is 5.58 Å². The molecule has 6 nitrogen and oxygen atoms in total. The summed E-state index contributed by atoms with van der Waals surface area (Å²) in [6, 6.07) is 9.14. The molecule has 2 aliphatic rings. The first-order chi connectivity index (χ1) is 11.7. The maximum absolute atomic E-state index is 11.5. The lowest BCUT2D eigenvalue weighted by molar-refractivity contribution is -0.123. The Morgan fingerprint density at radius 3 is 2.71 bits per heavy atom. The molecule has 2 fully saturated rings. The first-order valence-corrected chi connectivity index (χ1v) is 8.84. The highest BCUT2D eigenvalue weighted by atomic mass is 16.4. The highest BCUT2D eigenvalue weighted by Crippen LogP contribution is 2.27. The zero-order valence-electron chi connectivity index (χ0n) is 13.9. The number of rotatable bonds is 3. The number of oxazole rings is 1. The maximum atomic E-state index is 11.5. The predicted molar refractivity (Wildman–Crippen MR) is 92.7 cm³/mol. The molecule has 3 heterocycles. The van der Waals surface area contributed by atoms with Gasteiger partial charge >= 0.3 is 0 Å². The van der Waals surface area contributed by atoms with Gasteiger partial charge in [0.1, 0.15) is 5.52 Å². The Kier molecular flexibility index (Phi) is 4.14. The van der Waals surface area contributed by atoms with Crippen LogP contribution in [0.3, 0.4) is 0 Å². The average Bonchev–Trinajstić information content (AvgIpc) is 3.06. The number of amides is 1. The van der Waals surface area contributed by atoms with Gasteiger partial charge in [-0.25, -0.2) is 0 Å². The predicted octanol–water partition coefficient (Wildman–Crippen LogP) is 1.99. The van der Waals surface area contributed by atoms with Crippen LogP contribution in [-0.2, 0) is 4.79 Å². The average molecular weight is 328 g/mol. The van der Waals surface area contributed by atoms with Crippen LogP contribution in [0.4, 0.5) is 6.01 Å². The minimum Gasteiger partial charge on any atom is -0.423 e. The zero-order valence-corrected chi connectivity index (χ0v) is 13.9. The normalized spacial score (nSPS) is 23.7. The summed E-state index contributed by atoms with van der Waals surface area (Å²) in [7, 11) is 0. The molecule has 0 aliphatic carbocycles. The number of carbonyl (C=O) groups is 1. The minimum absolute atomic E-state index is 0.0221. The molecule has 4 rings (SSSR count). The molecule has 6 heteroatoms. The van der Waals surface area contributed by atoms with Crippen molar-refractivity contribution in [3.8, 4) is 0 Å². The molecular formula is C18H24N4O2. The number of para-hydroxylation sites is 2. The Labute approximate surface area is 141 Å². The molecule has 24 heavy (non-hydrogen) atoms. The van der Waals surface area contributed by atoms with Crippen molar-refractivity contribution in [2.75, 3.05) is 31.1 Å². The minimum atomic E-state index is -0.149. The van der Waals surface area contributed by atoms with E-state index in [0.717, 1.165) is 69.0 Å². The van der Waals surface area contributed by atoms with Crippen molar-refractivity contribution in [1.82, 2.24) is 9.88 Å². The monoisotopic (exact) mass is 328 g/mol. The number of fused-ring (bicyclic) bond motifs is 1. The van der Waals surface area contributed by atoms with E-state index in [4.69, 9.17) is 10.2 Å². The van der Waals surface area contributed by atoms with Gasteiger partial charge in [-0.05, 0) is 44.4 Å². The molecule has 0 spiro atoms. The third kappa shape index (κ3) is 2.98. The van der Waals surface area contributed by atoms with Crippen molar-refractivity contribution in [2.45, 2.75) is 31.7 Å². The SMILES string of the molecule is NC(=O)[C@H]1CCCN(C2CCN(c3nc4ccccc4o3)CC2)C1. The molecule has 2 aliphatic heterocycles. The smallest absolute Gasteiger partial charge is 0.298 e. The van der Waals surface area contributed by atoms with E-state index in [-0.39, 0.29) is 11.8 Å². The highest BCUT2D eigenvalue weighted by molar-refractivity contribution is 5.77. The number of piperidine rings is 2. The largest absolute Gasteiger partial charge is 0.423 e. The van der Waals surface area contributed by atoms with Gasteiger partial charge in [0.2, 0.25) is 5.91 Å². The lowest BCUT2D eigenvalue weighted by Crippen LogP contribution is -2.50. The van der Waals surface area contributed by atoms with E-state index < -0.39 is 0 Å². The molecule has 0 saturated carbocycles. The molecule has 2 aromatic rings. The van der Waals surface area contributed by atoms with Crippen LogP contribution >= 0.6 is 0 Å². The van der Waals surface area contributed by atoms with E-state index in [1.807, 2.05) is 24.3 Å². The van der Waals surface area contributed by atoms with Crippen LogP contribution in [0.2, 0.25) is 0 Å². The molecule has 0 bridgehead atoms. The lowest BCUT2D eigenvalue weighted by Gasteiger charge is -2.41. The van der Waals surface area contributed by atoms with E-state index >= 15 is 0 Å².